The molecule has 0 aliphatic carbocycles. The van der Waals surface area contributed by atoms with Crippen molar-refractivity contribution in [1.29, 1.82) is 0 Å². The summed E-state index contributed by atoms with van der Waals surface area (Å²) >= 11 is 0. The second kappa shape index (κ2) is 9.05. The maximum Gasteiger partial charge on any atom is 0.416 e. The summed E-state index contributed by atoms with van der Waals surface area (Å²) in [6, 6.07) is 6.84. The molecular weight excluding hydrogens is 466 g/mol. The summed E-state index contributed by atoms with van der Waals surface area (Å²) in [7, 11) is 0. The Bertz CT molecular complexity index is 1150. The molecule has 13 heteroatoms. The molecule has 1 aromatic carbocycles. The van der Waals surface area contributed by atoms with Gasteiger partial charge < -0.3 is 20.5 Å². The number of hydrogen-bond donors (Lipinski definition) is 3. The Morgan fingerprint density at radius 1 is 0.941 bits per heavy atom. The first-order chi connectivity index (χ1) is 16.0. The molecule has 3 heterocycles. The number of alkyl halides is 6. The van der Waals surface area contributed by atoms with Crippen molar-refractivity contribution >= 4 is 34.3 Å². The fourth-order valence-corrected chi connectivity index (χ4v) is 3.68. The van der Waals surface area contributed by atoms with E-state index in [9.17, 15) is 31.1 Å². The molecule has 182 valence electrons. The summed E-state index contributed by atoms with van der Waals surface area (Å²) in [6.07, 6.45) is -7.19. The van der Waals surface area contributed by atoms with Gasteiger partial charge in [-0.25, -0.2) is 9.78 Å². The molecule has 4 rings (SSSR count). The first-order valence-electron chi connectivity index (χ1n) is 10.3. The monoisotopic (exact) mass is 486 g/mol. The van der Waals surface area contributed by atoms with Crippen molar-refractivity contribution in [3.05, 3.63) is 48.2 Å². The van der Waals surface area contributed by atoms with Crippen LogP contribution in [0, 0.1) is 0 Å². The first kappa shape index (κ1) is 23.7. The van der Waals surface area contributed by atoms with Crippen molar-refractivity contribution in [2.45, 2.75) is 12.4 Å². The van der Waals surface area contributed by atoms with Crippen molar-refractivity contribution in [2.24, 2.45) is 0 Å². The molecule has 34 heavy (non-hydrogen) atoms. The van der Waals surface area contributed by atoms with Gasteiger partial charge in [0.15, 0.2) is 0 Å². The molecule has 1 fully saturated rings. The van der Waals surface area contributed by atoms with Crippen LogP contribution in [-0.4, -0.2) is 59.8 Å². The van der Waals surface area contributed by atoms with Gasteiger partial charge in [-0.1, -0.05) is 0 Å². The fraction of sp³-hybridized carbons (Fsp3) is 0.333. The third-order valence-corrected chi connectivity index (χ3v) is 5.33. The van der Waals surface area contributed by atoms with Crippen LogP contribution in [0.4, 0.5) is 48.3 Å². The van der Waals surface area contributed by atoms with E-state index in [1.54, 1.807) is 12.1 Å². The van der Waals surface area contributed by atoms with E-state index < -0.39 is 30.5 Å². The molecule has 0 bridgehead atoms. The Kier molecular flexibility index (Phi) is 6.30. The number of carbonyl (C=O) groups excluding carboxylic acids is 1. The number of anilines is 3. The number of piperazine rings is 1. The third-order valence-electron chi connectivity index (χ3n) is 5.33. The summed E-state index contributed by atoms with van der Waals surface area (Å²) in [5.41, 5.74) is 0.765. The highest BCUT2D eigenvalue weighted by Gasteiger charge is 2.32. The highest BCUT2D eigenvalue weighted by atomic mass is 19.4. The summed E-state index contributed by atoms with van der Waals surface area (Å²) in [6.45, 7) is 0.277. The van der Waals surface area contributed by atoms with E-state index >= 15 is 0 Å². The van der Waals surface area contributed by atoms with Gasteiger partial charge in [0.2, 0.25) is 0 Å². The predicted octanol–water partition coefficient (Wildman–Crippen LogP) is 4.91. The number of benzene rings is 1. The van der Waals surface area contributed by atoms with Gasteiger partial charge in [-0.2, -0.15) is 26.3 Å². The number of hydrogen-bond acceptors (Lipinski definition) is 4. The van der Waals surface area contributed by atoms with Crippen LogP contribution in [0.2, 0.25) is 0 Å². The standard InChI is InChI=1S/C21H20F6N6O/c22-20(23,24)12-32-7-9-33(10-8-32)17-6-5-15-18(31-17)16(11-28-15)30-19(34)29-14-3-1-13(2-4-14)21(25,26)27/h1-6,11,28H,7-10,12H2,(H2,29,30,34). The molecule has 0 saturated carbocycles. The smallest absolute Gasteiger partial charge is 0.358 e. The lowest BCUT2D eigenvalue weighted by Gasteiger charge is -2.35. The number of H-pyrrole nitrogens is 1. The van der Waals surface area contributed by atoms with Gasteiger partial charge in [0.1, 0.15) is 11.3 Å². The van der Waals surface area contributed by atoms with Gasteiger partial charge in [-0.05, 0) is 36.4 Å². The molecule has 1 saturated heterocycles. The minimum atomic E-state index is -4.47. The number of pyridine rings is 1. The normalized spacial score (nSPS) is 15.5. The summed E-state index contributed by atoms with van der Waals surface area (Å²) in [5.74, 6) is 0.560. The molecule has 3 N–H and O–H groups in total. The fourth-order valence-electron chi connectivity index (χ4n) is 3.68. The van der Waals surface area contributed by atoms with Crippen molar-refractivity contribution in [2.75, 3.05) is 48.3 Å². The van der Waals surface area contributed by atoms with Gasteiger partial charge in [0, 0.05) is 38.1 Å². The molecule has 2 amide bonds. The van der Waals surface area contributed by atoms with Gasteiger partial charge in [0.25, 0.3) is 0 Å². The summed E-state index contributed by atoms with van der Waals surface area (Å²) < 4.78 is 75.8. The lowest BCUT2D eigenvalue weighted by Crippen LogP contribution is -2.49. The Labute approximate surface area is 189 Å². The predicted molar refractivity (Wildman–Crippen MR) is 115 cm³/mol. The lowest BCUT2D eigenvalue weighted by molar-refractivity contribution is -0.146. The van der Waals surface area contributed by atoms with Crippen molar-refractivity contribution < 1.29 is 31.1 Å². The van der Waals surface area contributed by atoms with Crippen LogP contribution in [0.25, 0.3) is 11.0 Å². The van der Waals surface area contributed by atoms with E-state index in [-0.39, 0.29) is 18.8 Å². The van der Waals surface area contributed by atoms with E-state index in [1.807, 2.05) is 4.90 Å². The van der Waals surface area contributed by atoms with Crippen LogP contribution in [0.15, 0.2) is 42.6 Å². The number of urea groups is 1. The zero-order valence-corrected chi connectivity index (χ0v) is 17.6. The van der Waals surface area contributed by atoms with E-state index in [2.05, 4.69) is 20.6 Å². The summed E-state index contributed by atoms with van der Waals surface area (Å²) in [5, 5.41) is 5.06. The third kappa shape index (κ3) is 5.71. The number of halogens is 6. The topological polar surface area (TPSA) is 76.3 Å². The zero-order valence-electron chi connectivity index (χ0n) is 17.6. The number of aromatic nitrogens is 2. The number of nitrogens with one attached hydrogen (secondary N) is 3. The molecule has 0 atom stereocenters. The van der Waals surface area contributed by atoms with Crippen LogP contribution >= 0.6 is 0 Å². The Morgan fingerprint density at radius 3 is 2.24 bits per heavy atom. The second-order valence-corrected chi connectivity index (χ2v) is 7.80. The molecule has 2 aromatic heterocycles. The number of rotatable bonds is 4. The summed E-state index contributed by atoms with van der Waals surface area (Å²) in [4.78, 5) is 23.1. The van der Waals surface area contributed by atoms with Crippen LogP contribution in [0.3, 0.4) is 0 Å². The molecule has 7 nitrogen and oxygen atoms in total. The van der Waals surface area contributed by atoms with Crippen molar-refractivity contribution in [3.8, 4) is 0 Å². The minimum Gasteiger partial charge on any atom is -0.358 e. The van der Waals surface area contributed by atoms with E-state index in [1.165, 1.54) is 11.1 Å². The van der Waals surface area contributed by atoms with E-state index in [0.29, 0.717) is 35.6 Å². The molecule has 1 aliphatic rings. The van der Waals surface area contributed by atoms with E-state index in [4.69, 9.17) is 0 Å². The maximum absolute atomic E-state index is 12.7. The SMILES string of the molecule is O=C(Nc1ccc(C(F)(F)F)cc1)Nc1c[nH]c2ccc(N3CCN(CC(F)(F)F)CC3)nc12. The van der Waals surface area contributed by atoms with Crippen LogP contribution in [0.5, 0.6) is 0 Å². The van der Waals surface area contributed by atoms with Crippen molar-refractivity contribution in [1.82, 2.24) is 14.9 Å². The first-order valence-corrected chi connectivity index (χ1v) is 10.3. The molecule has 0 spiro atoms. The highest BCUT2D eigenvalue weighted by Crippen LogP contribution is 2.30. The van der Waals surface area contributed by atoms with E-state index in [0.717, 1.165) is 24.3 Å². The molecule has 3 aromatic rings. The minimum absolute atomic E-state index is 0.177. The largest absolute Gasteiger partial charge is 0.416 e. The Balaban J connectivity index is 1.41. The number of carbonyl (C=O) groups is 1. The highest BCUT2D eigenvalue weighted by molar-refractivity contribution is 6.05. The lowest BCUT2D eigenvalue weighted by atomic mass is 10.2. The van der Waals surface area contributed by atoms with Crippen LogP contribution in [-0.2, 0) is 6.18 Å². The molecule has 0 unspecified atom stereocenters. The van der Waals surface area contributed by atoms with Gasteiger partial charge in [-0.3, -0.25) is 4.90 Å². The number of nitrogens with zero attached hydrogens (tertiary/aromatic N) is 3. The number of amides is 2. The van der Waals surface area contributed by atoms with Gasteiger partial charge >= 0.3 is 18.4 Å². The average Bonchev–Trinajstić information content (AvgIpc) is 3.15. The zero-order chi connectivity index (χ0) is 24.5. The number of aromatic amines is 1. The van der Waals surface area contributed by atoms with Gasteiger partial charge in [0.05, 0.1) is 23.3 Å². The van der Waals surface area contributed by atoms with Crippen molar-refractivity contribution in [3.63, 3.8) is 0 Å². The Morgan fingerprint density at radius 2 is 1.62 bits per heavy atom. The average molecular weight is 486 g/mol. The number of fused-ring (bicyclic) bond motifs is 1. The van der Waals surface area contributed by atoms with Crippen LogP contribution in [0.1, 0.15) is 5.56 Å². The second-order valence-electron chi connectivity index (χ2n) is 7.80. The molecule has 0 radical (unpaired) electrons. The Hall–Kier alpha value is -3.48. The molecular formula is C21H20F6N6O. The quantitative estimate of drug-likeness (QED) is 0.458. The van der Waals surface area contributed by atoms with Crippen LogP contribution < -0.4 is 15.5 Å². The van der Waals surface area contributed by atoms with Gasteiger partial charge in [-0.15, -0.1) is 0 Å². The maximum atomic E-state index is 12.7. The molecule has 1 aliphatic heterocycles.